The number of nitrogens with one attached hydrogen (secondary N) is 1. The maximum Gasteiger partial charge on any atom is 0.216 e. The Morgan fingerprint density at radius 2 is 2.31 bits per heavy atom. The minimum absolute atomic E-state index is 0.141. The monoisotopic (exact) mass is 221 g/mol. The van der Waals surface area contributed by atoms with Crippen LogP contribution >= 0.6 is 0 Å². The van der Waals surface area contributed by atoms with Crippen molar-refractivity contribution >= 4 is 5.91 Å². The molecule has 0 bridgehead atoms. The van der Waals surface area contributed by atoms with Crippen molar-refractivity contribution in [2.75, 3.05) is 13.2 Å². The lowest BCUT2D eigenvalue weighted by Gasteiger charge is -2.34. The van der Waals surface area contributed by atoms with Crippen molar-refractivity contribution < 1.29 is 14.6 Å². The molecule has 4 nitrogen and oxygen atoms in total. The van der Waals surface area contributed by atoms with Crippen molar-refractivity contribution in [1.29, 1.82) is 0 Å². The summed E-state index contributed by atoms with van der Waals surface area (Å²) in [6.07, 6.45) is 0.490. The van der Waals surface area contributed by atoms with Crippen LogP contribution in [0.2, 0.25) is 0 Å². The molecule has 1 amide bonds. The quantitative estimate of drug-likeness (QED) is 0.776. The zero-order valence-electron chi connectivity index (χ0n) is 9.19. The van der Waals surface area contributed by atoms with E-state index in [1.54, 1.807) is 0 Å². The van der Waals surface area contributed by atoms with Crippen molar-refractivity contribution in [1.82, 2.24) is 5.32 Å². The summed E-state index contributed by atoms with van der Waals surface area (Å²) in [7, 11) is 0. The van der Waals surface area contributed by atoms with Gasteiger partial charge < -0.3 is 15.2 Å². The van der Waals surface area contributed by atoms with Gasteiger partial charge in [-0.2, -0.15) is 0 Å². The van der Waals surface area contributed by atoms with Gasteiger partial charge in [0, 0.05) is 18.9 Å². The van der Waals surface area contributed by atoms with Crippen molar-refractivity contribution in [3.05, 3.63) is 29.8 Å². The second-order valence-corrected chi connectivity index (χ2v) is 4.04. The van der Waals surface area contributed by atoms with E-state index in [0.29, 0.717) is 18.8 Å². The van der Waals surface area contributed by atoms with Gasteiger partial charge in [0.05, 0.1) is 13.2 Å². The Morgan fingerprint density at radius 1 is 1.56 bits per heavy atom. The Morgan fingerprint density at radius 3 is 3.06 bits per heavy atom. The van der Waals surface area contributed by atoms with Gasteiger partial charge in [0.1, 0.15) is 11.4 Å². The molecule has 1 unspecified atom stereocenters. The molecule has 0 aromatic heterocycles. The van der Waals surface area contributed by atoms with E-state index in [-0.39, 0.29) is 12.5 Å². The molecule has 2 N–H and O–H groups in total. The summed E-state index contributed by atoms with van der Waals surface area (Å²) in [5, 5.41) is 13.1. The van der Waals surface area contributed by atoms with Gasteiger partial charge in [0.25, 0.3) is 0 Å². The Hall–Kier alpha value is -1.55. The van der Waals surface area contributed by atoms with Gasteiger partial charge in [0.15, 0.2) is 0 Å². The van der Waals surface area contributed by atoms with Gasteiger partial charge in [-0.15, -0.1) is 0 Å². The lowest BCUT2D eigenvalue weighted by atomic mass is 9.88. The number of fused-ring (bicyclic) bond motifs is 1. The number of hydrogen-bond donors (Lipinski definition) is 2. The highest BCUT2D eigenvalue weighted by Gasteiger charge is 2.35. The molecule has 1 aliphatic heterocycles. The number of carbonyl (C=O) groups is 1. The molecule has 0 radical (unpaired) electrons. The molecular formula is C12H15NO3. The summed E-state index contributed by atoms with van der Waals surface area (Å²) in [5.74, 6) is 0.555. The van der Waals surface area contributed by atoms with Crippen LogP contribution in [0.15, 0.2) is 24.3 Å². The second-order valence-electron chi connectivity index (χ2n) is 4.04. The fourth-order valence-electron chi connectivity index (χ4n) is 1.90. The van der Waals surface area contributed by atoms with Crippen LogP contribution in [-0.4, -0.2) is 24.2 Å². The van der Waals surface area contributed by atoms with Gasteiger partial charge in [0.2, 0.25) is 5.91 Å². The molecule has 16 heavy (non-hydrogen) atoms. The van der Waals surface area contributed by atoms with Gasteiger partial charge in [-0.1, -0.05) is 18.2 Å². The molecule has 0 spiro atoms. The number of rotatable bonds is 2. The number of amides is 1. The number of para-hydroxylation sites is 1. The molecule has 1 heterocycles. The third-order valence-electron chi connectivity index (χ3n) is 2.79. The zero-order valence-corrected chi connectivity index (χ0v) is 9.19. The Balaban J connectivity index is 2.25. The van der Waals surface area contributed by atoms with Crippen molar-refractivity contribution in [3.63, 3.8) is 0 Å². The van der Waals surface area contributed by atoms with Crippen molar-refractivity contribution in [2.45, 2.75) is 18.9 Å². The van der Waals surface area contributed by atoms with Crippen LogP contribution in [0.3, 0.4) is 0 Å². The zero-order chi connectivity index (χ0) is 11.6. The van der Waals surface area contributed by atoms with Crippen LogP contribution in [0.5, 0.6) is 5.75 Å². The molecule has 0 saturated carbocycles. The third kappa shape index (κ3) is 2.02. The average Bonchev–Trinajstić information content (AvgIpc) is 2.27. The molecule has 4 heteroatoms. The van der Waals surface area contributed by atoms with Crippen molar-refractivity contribution in [3.8, 4) is 5.75 Å². The van der Waals surface area contributed by atoms with Gasteiger partial charge in [-0.05, 0) is 6.07 Å². The number of ether oxygens (including phenoxy) is 1. The number of aliphatic hydroxyl groups is 1. The first kappa shape index (κ1) is 11.0. The maximum absolute atomic E-state index is 10.9. The molecule has 1 aliphatic rings. The molecule has 1 aromatic carbocycles. The van der Waals surface area contributed by atoms with Gasteiger partial charge >= 0.3 is 0 Å². The highest BCUT2D eigenvalue weighted by Crippen LogP contribution is 2.36. The first-order valence-corrected chi connectivity index (χ1v) is 5.31. The molecule has 0 aliphatic carbocycles. The summed E-state index contributed by atoms with van der Waals surface area (Å²) < 4.78 is 5.45. The van der Waals surface area contributed by atoms with E-state index in [2.05, 4.69) is 5.32 Å². The van der Waals surface area contributed by atoms with E-state index in [4.69, 9.17) is 4.74 Å². The van der Waals surface area contributed by atoms with E-state index < -0.39 is 5.60 Å². The van der Waals surface area contributed by atoms with Gasteiger partial charge in [-0.3, -0.25) is 4.79 Å². The third-order valence-corrected chi connectivity index (χ3v) is 2.79. The van der Waals surface area contributed by atoms with Crippen LogP contribution in [0, 0.1) is 0 Å². The maximum atomic E-state index is 10.9. The molecule has 1 aromatic rings. The Labute approximate surface area is 94.2 Å². The second kappa shape index (κ2) is 4.14. The van der Waals surface area contributed by atoms with Crippen LogP contribution in [-0.2, 0) is 10.4 Å². The topological polar surface area (TPSA) is 58.6 Å². The number of benzene rings is 1. The van der Waals surface area contributed by atoms with E-state index in [1.165, 1.54) is 6.92 Å². The van der Waals surface area contributed by atoms with E-state index >= 15 is 0 Å². The van der Waals surface area contributed by atoms with E-state index in [9.17, 15) is 9.90 Å². The molecule has 1 atom stereocenters. The highest BCUT2D eigenvalue weighted by molar-refractivity contribution is 5.73. The molecule has 0 fully saturated rings. The summed E-state index contributed by atoms with van der Waals surface area (Å²) in [6, 6.07) is 7.37. The molecule has 86 valence electrons. The fraction of sp³-hybridized carbons (Fsp3) is 0.417. The summed E-state index contributed by atoms with van der Waals surface area (Å²) >= 11 is 0. The minimum Gasteiger partial charge on any atom is -0.493 e. The van der Waals surface area contributed by atoms with Crippen LogP contribution in [0.25, 0.3) is 0 Å². The first-order valence-electron chi connectivity index (χ1n) is 5.31. The van der Waals surface area contributed by atoms with Crippen molar-refractivity contribution in [2.24, 2.45) is 0 Å². The van der Waals surface area contributed by atoms with Gasteiger partial charge in [-0.25, -0.2) is 0 Å². The lowest BCUT2D eigenvalue weighted by Crippen LogP contribution is -2.43. The highest BCUT2D eigenvalue weighted by atomic mass is 16.5. The minimum atomic E-state index is -1.01. The standard InChI is InChI=1S/C12H15NO3/c1-9(14)13-8-12(15)6-7-16-11-5-3-2-4-10(11)12/h2-5,15H,6-8H2,1H3,(H,13,14). The Kier molecular flexibility index (Phi) is 2.83. The summed E-state index contributed by atoms with van der Waals surface area (Å²) in [5.41, 5.74) is -0.268. The van der Waals surface area contributed by atoms with Crippen LogP contribution in [0.1, 0.15) is 18.9 Å². The molecule has 0 saturated heterocycles. The number of hydrogen-bond acceptors (Lipinski definition) is 3. The molecule has 2 rings (SSSR count). The van der Waals surface area contributed by atoms with E-state index in [1.807, 2.05) is 24.3 Å². The SMILES string of the molecule is CC(=O)NCC1(O)CCOc2ccccc21. The summed E-state index contributed by atoms with van der Waals surface area (Å²) in [4.78, 5) is 10.9. The fourth-order valence-corrected chi connectivity index (χ4v) is 1.90. The van der Waals surface area contributed by atoms with Crippen LogP contribution in [0.4, 0.5) is 0 Å². The number of carbonyl (C=O) groups excluding carboxylic acids is 1. The Bertz CT molecular complexity index is 405. The van der Waals surface area contributed by atoms with E-state index in [0.717, 1.165) is 5.56 Å². The lowest BCUT2D eigenvalue weighted by molar-refractivity contribution is -0.120. The smallest absolute Gasteiger partial charge is 0.216 e. The first-order chi connectivity index (χ1) is 7.62. The predicted octanol–water partition coefficient (Wildman–Crippen LogP) is 0.793. The molecular weight excluding hydrogens is 206 g/mol. The predicted molar refractivity (Wildman–Crippen MR) is 59.1 cm³/mol. The van der Waals surface area contributed by atoms with Crippen LogP contribution < -0.4 is 10.1 Å². The normalized spacial score (nSPS) is 23.1. The summed E-state index contributed by atoms with van der Waals surface area (Å²) in [6.45, 7) is 2.13. The largest absolute Gasteiger partial charge is 0.493 e. The average molecular weight is 221 g/mol.